The van der Waals surface area contributed by atoms with Crippen LogP contribution in [0.4, 0.5) is 0 Å². The summed E-state index contributed by atoms with van der Waals surface area (Å²) in [6, 6.07) is 1.75. The molecule has 0 saturated carbocycles. The summed E-state index contributed by atoms with van der Waals surface area (Å²) in [6.07, 6.45) is 0. The molecule has 0 aliphatic carbocycles. The number of halogens is 2. The van der Waals surface area contributed by atoms with Crippen LogP contribution in [0.25, 0.3) is 0 Å². The van der Waals surface area contributed by atoms with Crippen molar-refractivity contribution in [1.82, 2.24) is 0 Å². The quantitative estimate of drug-likeness (QED) is 0.831. The Morgan fingerprint density at radius 1 is 1.58 bits per heavy atom. The van der Waals surface area contributed by atoms with E-state index in [1.807, 2.05) is 0 Å². The van der Waals surface area contributed by atoms with Gasteiger partial charge in [0.05, 0.1) is 11.6 Å². The van der Waals surface area contributed by atoms with Crippen LogP contribution in [0.5, 0.6) is 11.5 Å². The average molecular weight is 252 g/mol. The minimum absolute atomic E-state index is 0.0664. The van der Waals surface area contributed by atoms with E-state index in [-0.39, 0.29) is 10.8 Å². The van der Waals surface area contributed by atoms with E-state index >= 15 is 0 Å². The maximum Gasteiger partial charge on any atom is 0.155 e. The summed E-state index contributed by atoms with van der Waals surface area (Å²) < 4.78 is 5.71. The smallest absolute Gasteiger partial charge is 0.155 e. The minimum atomic E-state index is 0.0664. The van der Waals surface area contributed by atoms with Gasteiger partial charge in [0.2, 0.25) is 0 Å². The van der Waals surface area contributed by atoms with Crippen LogP contribution in [0.3, 0.4) is 0 Å². The second kappa shape index (κ2) is 3.54. The number of aromatic hydroxyl groups is 1. The third-order valence-electron chi connectivity index (χ3n) is 1.55. The Labute approximate surface area is 84.2 Å². The molecule has 0 amide bonds. The summed E-state index contributed by atoms with van der Waals surface area (Å²) in [5.41, 5.74) is 0.715. The number of aryl methyl sites for hydroxylation is 1. The maximum absolute atomic E-state index is 9.41. The van der Waals surface area contributed by atoms with E-state index in [9.17, 15) is 5.11 Å². The van der Waals surface area contributed by atoms with Crippen molar-refractivity contribution >= 4 is 27.5 Å². The van der Waals surface area contributed by atoms with E-state index in [1.54, 1.807) is 13.0 Å². The first-order chi connectivity index (χ1) is 5.57. The van der Waals surface area contributed by atoms with Crippen LogP contribution in [0, 0.1) is 6.92 Å². The van der Waals surface area contributed by atoms with E-state index in [4.69, 9.17) is 16.3 Å². The molecule has 0 fully saturated rings. The standard InChI is InChI=1S/C8H8BrClO2/c1-4-3-5(9)8(12-2)6(10)7(4)11/h3,11H,1-2H3. The Balaban J connectivity index is 3.40. The number of rotatable bonds is 1. The van der Waals surface area contributed by atoms with Gasteiger partial charge >= 0.3 is 0 Å². The fourth-order valence-corrected chi connectivity index (χ4v) is 2.04. The fraction of sp³-hybridized carbons (Fsp3) is 0.250. The fourth-order valence-electron chi connectivity index (χ4n) is 0.897. The highest BCUT2D eigenvalue weighted by Crippen LogP contribution is 2.41. The Kier molecular flexibility index (Phi) is 2.85. The zero-order valence-electron chi connectivity index (χ0n) is 6.69. The highest BCUT2D eigenvalue weighted by atomic mass is 79.9. The predicted octanol–water partition coefficient (Wildman–Crippen LogP) is 3.13. The summed E-state index contributed by atoms with van der Waals surface area (Å²) in [7, 11) is 1.50. The molecule has 4 heteroatoms. The van der Waals surface area contributed by atoms with Gasteiger partial charge < -0.3 is 9.84 Å². The second-order valence-electron chi connectivity index (χ2n) is 2.37. The van der Waals surface area contributed by atoms with Gasteiger partial charge in [0.25, 0.3) is 0 Å². The van der Waals surface area contributed by atoms with Crippen LogP contribution in [-0.4, -0.2) is 12.2 Å². The molecule has 0 saturated heterocycles. The molecule has 12 heavy (non-hydrogen) atoms. The molecule has 0 atom stereocenters. The van der Waals surface area contributed by atoms with Crippen LogP contribution < -0.4 is 4.74 Å². The van der Waals surface area contributed by atoms with Crippen LogP contribution in [0.2, 0.25) is 5.02 Å². The van der Waals surface area contributed by atoms with Gasteiger partial charge in [-0.1, -0.05) is 11.6 Å². The molecule has 0 radical (unpaired) electrons. The highest BCUT2D eigenvalue weighted by molar-refractivity contribution is 9.10. The molecule has 1 aromatic rings. The van der Waals surface area contributed by atoms with Crippen molar-refractivity contribution in [2.75, 3.05) is 7.11 Å². The first-order valence-electron chi connectivity index (χ1n) is 3.29. The summed E-state index contributed by atoms with van der Waals surface area (Å²) in [4.78, 5) is 0. The van der Waals surface area contributed by atoms with Gasteiger partial charge in [0, 0.05) is 0 Å². The highest BCUT2D eigenvalue weighted by Gasteiger charge is 2.12. The Morgan fingerprint density at radius 3 is 2.67 bits per heavy atom. The Morgan fingerprint density at radius 2 is 2.17 bits per heavy atom. The molecule has 0 heterocycles. The maximum atomic E-state index is 9.41. The van der Waals surface area contributed by atoms with E-state index < -0.39 is 0 Å². The SMILES string of the molecule is COc1c(Br)cc(C)c(O)c1Cl. The van der Waals surface area contributed by atoms with Crippen molar-refractivity contribution in [3.63, 3.8) is 0 Å². The van der Waals surface area contributed by atoms with Gasteiger partial charge in [-0.3, -0.25) is 0 Å². The molecule has 0 spiro atoms. The number of benzene rings is 1. The van der Waals surface area contributed by atoms with E-state index in [0.29, 0.717) is 11.3 Å². The number of hydrogen-bond acceptors (Lipinski definition) is 2. The van der Waals surface area contributed by atoms with E-state index in [1.165, 1.54) is 7.11 Å². The Bertz CT molecular complexity index is 312. The summed E-state index contributed by atoms with van der Waals surface area (Å²) in [5, 5.41) is 9.65. The summed E-state index contributed by atoms with van der Waals surface area (Å²) in [5.74, 6) is 0.525. The lowest BCUT2D eigenvalue weighted by Crippen LogP contribution is -1.87. The second-order valence-corrected chi connectivity index (χ2v) is 3.60. The topological polar surface area (TPSA) is 29.5 Å². The number of ether oxygens (including phenoxy) is 1. The van der Waals surface area contributed by atoms with Gasteiger partial charge in [-0.05, 0) is 34.5 Å². The summed E-state index contributed by atoms with van der Waals surface area (Å²) in [6.45, 7) is 1.77. The van der Waals surface area contributed by atoms with E-state index in [2.05, 4.69) is 15.9 Å². The first-order valence-corrected chi connectivity index (χ1v) is 4.46. The molecular formula is C8H8BrClO2. The van der Waals surface area contributed by atoms with Crippen LogP contribution >= 0.6 is 27.5 Å². The van der Waals surface area contributed by atoms with Crippen LogP contribution in [0.1, 0.15) is 5.56 Å². The van der Waals surface area contributed by atoms with Crippen molar-refractivity contribution in [2.45, 2.75) is 6.92 Å². The van der Waals surface area contributed by atoms with Crippen molar-refractivity contribution in [3.05, 3.63) is 21.1 Å². The molecule has 0 unspecified atom stereocenters. The van der Waals surface area contributed by atoms with Gasteiger partial charge in [0.15, 0.2) is 5.75 Å². The molecule has 66 valence electrons. The number of hydrogen-bond donors (Lipinski definition) is 1. The molecule has 1 rings (SSSR count). The lowest BCUT2D eigenvalue weighted by Gasteiger charge is -2.08. The average Bonchev–Trinajstić information content (AvgIpc) is 2.01. The lowest BCUT2D eigenvalue weighted by molar-refractivity contribution is 0.404. The normalized spacial score (nSPS) is 10.0. The van der Waals surface area contributed by atoms with Gasteiger partial charge in [-0.2, -0.15) is 0 Å². The van der Waals surface area contributed by atoms with Crippen LogP contribution in [-0.2, 0) is 0 Å². The molecule has 1 aromatic carbocycles. The zero-order valence-corrected chi connectivity index (χ0v) is 9.03. The molecule has 1 N–H and O–H groups in total. The van der Waals surface area contributed by atoms with Gasteiger partial charge in [-0.25, -0.2) is 0 Å². The van der Waals surface area contributed by atoms with Crippen molar-refractivity contribution in [2.24, 2.45) is 0 Å². The zero-order chi connectivity index (χ0) is 9.30. The van der Waals surface area contributed by atoms with Crippen molar-refractivity contribution in [1.29, 1.82) is 0 Å². The molecule has 0 aliphatic rings. The van der Waals surface area contributed by atoms with Gasteiger partial charge in [0.1, 0.15) is 10.8 Å². The molecule has 0 bridgehead atoms. The monoisotopic (exact) mass is 250 g/mol. The van der Waals surface area contributed by atoms with Crippen molar-refractivity contribution in [3.8, 4) is 11.5 Å². The van der Waals surface area contributed by atoms with E-state index in [0.717, 1.165) is 4.47 Å². The third-order valence-corrected chi connectivity index (χ3v) is 2.48. The number of phenolic OH excluding ortho intramolecular Hbond substituents is 1. The van der Waals surface area contributed by atoms with Gasteiger partial charge in [-0.15, -0.1) is 0 Å². The lowest BCUT2D eigenvalue weighted by atomic mass is 10.2. The predicted molar refractivity (Wildman–Crippen MR) is 52.1 cm³/mol. The third kappa shape index (κ3) is 1.52. The molecule has 2 nitrogen and oxygen atoms in total. The molecular weight excluding hydrogens is 243 g/mol. The Hall–Kier alpha value is -0.410. The number of phenols is 1. The molecule has 0 aromatic heterocycles. The van der Waals surface area contributed by atoms with Crippen LogP contribution in [0.15, 0.2) is 10.5 Å². The number of methoxy groups -OCH3 is 1. The molecule has 0 aliphatic heterocycles. The minimum Gasteiger partial charge on any atom is -0.506 e. The van der Waals surface area contributed by atoms with Crippen molar-refractivity contribution < 1.29 is 9.84 Å². The first kappa shape index (κ1) is 9.68. The summed E-state index contributed by atoms with van der Waals surface area (Å²) >= 11 is 9.07. The largest absolute Gasteiger partial charge is 0.506 e.